The Kier molecular flexibility index (Phi) is 4.36. The van der Waals surface area contributed by atoms with E-state index in [9.17, 15) is 18.0 Å². The van der Waals surface area contributed by atoms with Crippen LogP contribution in [-0.2, 0) is 6.54 Å². The first-order valence-corrected chi connectivity index (χ1v) is 6.72. The molecule has 8 heteroatoms. The van der Waals surface area contributed by atoms with Crippen molar-refractivity contribution in [2.45, 2.75) is 19.6 Å². The highest BCUT2D eigenvalue weighted by Crippen LogP contribution is 2.20. The van der Waals surface area contributed by atoms with Gasteiger partial charge < -0.3 is 9.88 Å². The summed E-state index contributed by atoms with van der Waals surface area (Å²) < 4.78 is 38.9. The van der Waals surface area contributed by atoms with E-state index in [1.54, 1.807) is 19.1 Å². The number of nitrogens with zero attached hydrogens (tertiary/aromatic N) is 2. The fraction of sp³-hybridized carbons (Fsp3) is 0.231. The van der Waals surface area contributed by atoms with E-state index in [1.807, 2.05) is 0 Å². The van der Waals surface area contributed by atoms with Crippen molar-refractivity contribution in [2.75, 3.05) is 5.32 Å². The zero-order chi connectivity index (χ0) is 15.6. The normalized spacial score (nSPS) is 11.5. The molecule has 0 radical (unpaired) electrons. The molecular formula is C13H11BrF3N3O. The number of nitrogens with one attached hydrogen (secondary N) is 1. The number of carbonyl (C=O) groups excluding carboxylic acids is 1. The summed E-state index contributed by atoms with van der Waals surface area (Å²) in [5, 5.41) is 2.48. The highest BCUT2D eigenvalue weighted by molar-refractivity contribution is 9.10. The van der Waals surface area contributed by atoms with Gasteiger partial charge in [0.25, 0.3) is 5.91 Å². The Balaban J connectivity index is 2.17. The molecule has 0 fully saturated rings. The second-order valence-corrected chi connectivity index (χ2v) is 5.21. The maximum absolute atomic E-state index is 12.4. The van der Waals surface area contributed by atoms with Gasteiger partial charge in [-0.25, -0.2) is 4.98 Å². The third-order valence-electron chi connectivity index (χ3n) is 2.67. The molecule has 0 saturated heterocycles. The quantitative estimate of drug-likeness (QED) is 0.904. The molecular weight excluding hydrogens is 351 g/mol. The van der Waals surface area contributed by atoms with Crippen LogP contribution in [0.2, 0.25) is 0 Å². The standard InChI is InChI=1S/C13H11BrF3N3O/c1-8-9(14)4-5-11(18-8)19-12(21)10-3-2-6-20(10)7-13(15,16)17/h2-6H,7H2,1H3,(H,18,19,21). The number of halogens is 4. The van der Waals surface area contributed by atoms with Crippen molar-refractivity contribution in [3.8, 4) is 0 Å². The topological polar surface area (TPSA) is 46.9 Å². The summed E-state index contributed by atoms with van der Waals surface area (Å²) in [6.07, 6.45) is -3.18. The summed E-state index contributed by atoms with van der Waals surface area (Å²) in [6, 6.07) is 5.98. The van der Waals surface area contributed by atoms with E-state index >= 15 is 0 Å². The highest BCUT2D eigenvalue weighted by atomic mass is 79.9. The molecule has 2 aromatic heterocycles. The molecule has 1 N–H and O–H groups in total. The lowest BCUT2D eigenvalue weighted by Crippen LogP contribution is -2.23. The Labute approximate surface area is 127 Å². The number of aromatic nitrogens is 2. The molecule has 0 aliphatic carbocycles. The average molecular weight is 362 g/mol. The number of pyridine rings is 1. The summed E-state index contributed by atoms with van der Waals surface area (Å²) in [4.78, 5) is 16.1. The molecule has 0 bridgehead atoms. The molecule has 0 saturated carbocycles. The van der Waals surface area contributed by atoms with Gasteiger partial charge in [-0.3, -0.25) is 4.79 Å². The van der Waals surface area contributed by atoms with Gasteiger partial charge in [0.2, 0.25) is 0 Å². The van der Waals surface area contributed by atoms with Gasteiger partial charge in [-0.2, -0.15) is 13.2 Å². The molecule has 2 aromatic rings. The van der Waals surface area contributed by atoms with Gasteiger partial charge in [0.05, 0.1) is 5.69 Å². The zero-order valence-electron chi connectivity index (χ0n) is 10.9. The van der Waals surface area contributed by atoms with Crippen LogP contribution in [0.3, 0.4) is 0 Å². The average Bonchev–Trinajstić information content (AvgIpc) is 2.79. The summed E-state index contributed by atoms with van der Waals surface area (Å²) in [7, 11) is 0. The van der Waals surface area contributed by atoms with Gasteiger partial charge in [0.15, 0.2) is 0 Å². The van der Waals surface area contributed by atoms with E-state index in [0.29, 0.717) is 5.69 Å². The molecule has 0 unspecified atom stereocenters. The minimum Gasteiger partial charge on any atom is -0.334 e. The Morgan fingerprint density at radius 3 is 2.71 bits per heavy atom. The van der Waals surface area contributed by atoms with E-state index in [4.69, 9.17) is 0 Å². The number of anilines is 1. The van der Waals surface area contributed by atoms with Crippen LogP contribution in [0.4, 0.5) is 19.0 Å². The van der Waals surface area contributed by atoms with Crippen LogP contribution < -0.4 is 5.32 Å². The van der Waals surface area contributed by atoms with E-state index in [0.717, 1.165) is 9.04 Å². The molecule has 112 valence electrons. The molecule has 1 amide bonds. The van der Waals surface area contributed by atoms with Gasteiger partial charge in [-0.15, -0.1) is 0 Å². The van der Waals surface area contributed by atoms with Gasteiger partial charge in [-0.1, -0.05) is 0 Å². The van der Waals surface area contributed by atoms with Gasteiger partial charge in [0.1, 0.15) is 18.1 Å². The molecule has 21 heavy (non-hydrogen) atoms. The van der Waals surface area contributed by atoms with E-state index < -0.39 is 18.6 Å². The van der Waals surface area contributed by atoms with Crippen molar-refractivity contribution in [3.05, 3.63) is 46.3 Å². The Morgan fingerprint density at radius 1 is 1.38 bits per heavy atom. The van der Waals surface area contributed by atoms with E-state index in [2.05, 4.69) is 26.2 Å². The van der Waals surface area contributed by atoms with Crippen molar-refractivity contribution in [2.24, 2.45) is 0 Å². The fourth-order valence-corrected chi connectivity index (χ4v) is 1.97. The summed E-state index contributed by atoms with van der Waals surface area (Å²) in [6.45, 7) is 0.529. The lowest BCUT2D eigenvalue weighted by Gasteiger charge is -2.12. The van der Waals surface area contributed by atoms with Crippen molar-refractivity contribution in [3.63, 3.8) is 0 Å². The minimum atomic E-state index is -4.39. The number of hydrogen-bond donors (Lipinski definition) is 1. The second-order valence-electron chi connectivity index (χ2n) is 4.35. The van der Waals surface area contributed by atoms with Crippen molar-refractivity contribution in [1.29, 1.82) is 0 Å². The molecule has 0 atom stereocenters. The monoisotopic (exact) mass is 361 g/mol. The molecule has 0 aliphatic rings. The Bertz CT molecular complexity index is 667. The first kappa shape index (κ1) is 15.6. The molecule has 2 heterocycles. The van der Waals surface area contributed by atoms with E-state index in [-0.39, 0.29) is 11.5 Å². The maximum atomic E-state index is 12.4. The van der Waals surface area contributed by atoms with Crippen LogP contribution in [0.15, 0.2) is 34.9 Å². The van der Waals surface area contributed by atoms with Crippen molar-refractivity contribution in [1.82, 2.24) is 9.55 Å². The molecule has 4 nitrogen and oxygen atoms in total. The van der Waals surface area contributed by atoms with E-state index in [1.165, 1.54) is 18.3 Å². The smallest absolute Gasteiger partial charge is 0.334 e. The van der Waals surface area contributed by atoms with Crippen LogP contribution in [0.5, 0.6) is 0 Å². The number of rotatable bonds is 3. The van der Waals surface area contributed by atoms with Crippen LogP contribution in [0, 0.1) is 6.92 Å². The number of aryl methyl sites for hydroxylation is 1. The summed E-state index contributed by atoms with van der Waals surface area (Å²) >= 11 is 3.27. The van der Waals surface area contributed by atoms with Crippen LogP contribution in [0.1, 0.15) is 16.2 Å². The molecule has 0 aromatic carbocycles. The molecule has 2 rings (SSSR count). The number of hydrogen-bond acceptors (Lipinski definition) is 2. The van der Waals surface area contributed by atoms with Crippen molar-refractivity contribution < 1.29 is 18.0 Å². The zero-order valence-corrected chi connectivity index (χ0v) is 12.5. The number of amides is 1. The first-order valence-electron chi connectivity index (χ1n) is 5.92. The fourth-order valence-electron chi connectivity index (χ4n) is 1.75. The lowest BCUT2D eigenvalue weighted by atomic mass is 10.3. The minimum absolute atomic E-state index is 0.0744. The van der Waals surface area contributed by atoms with Crippen LogP contribution >= 0.6 is 15.9 Å². The van der Waals surface area contributed by atoms with Crippen LogP contribution in [0.25, 0.3) is 0 Å². The van der Waals surface area contributed by atoms with Gasteiger partial charge >= 0.3 is 6.18 Å². The number of alkyl halides is 3. The summed E-state index contributed by atoms with van der Waals surface area (Å²) in [5.41, 5.74) is 0.591. The third-order valence-corrected chi connectivity index (χ3v) is 3.51. The highest BCUT2D eigenvalue weighted by Gasteiger charge is 2.29. The Morgan fingerprint density at radius 2 is 2.10 bits per heavy atom. The van der Waals surface area contributed by atoms with Gasteiger partial charge in [0, 0.05) is 10.7 Å². The second kappa shape index (κ2) is 5.88. The predicted molar refractivity (Wildman–Crippen MR) is 75.1 cm³/mol. The van der Waals surface area contributed by atoms with Crippen molar-refractivity contribution >= 4 is 27.7 Å². The summed E-state index contributed by atoms with van der Waals surface area (Å²) in [5.74, 6) is -0.362. The number of carbonyl (C=O) groups is 1. The largest absolute Gasteiger partial charge is 0.406 e. The van der Waals surface area contributed by atoms with Crippen LogP contribution in [-0.4, -0.2) is 21.6 Å². The maximum Gasteiger partial charge on any atom is 0.406 e. The third kappa shape index (κ3) is 4.07. The lowest BCUT2D eigenvalue weighted by molar-refractivity contribution is -0.140. The predicted octanol–water partition coefficient (Wildman–Crippen LogP) is 3.77. The van der Waals surface area contributed by atoms with Gasteiger partial charge in [-0.05, 0) is 47.1 Å². The molecule has 0 spiro atoms. The SMILES string of the molecule is Cc1nc(NC(=O)c2cccn2CC(F)(F)F)ccc1Br. The molecule has 0 aliphatic heterocycles. The Hall–Kier alpha value is -1.83. The first-order chi connectivity index (χ1) is 9.76.